The van der Waals surface area contributed by atoms with Crippen LogP contribution < -0.4 is 5.32 Å². The van der Waals surface area contributed by atoms with Crippen molar-refractivity contribution in [1.82, 2.24) is 14.8 Å². The van der Waals surface area contributed by atoms with E-state index in [2.05, 4.69) is 22.1 Å². The second-order valence-corrected chi connectivity index (χ2v) is 10.3. The average Bonchev–Trinajstić information content (AvgIpc) is 3.15. The van der Waals surface area contributed by atoms with Crippen LogP contribution in [0, 0.1) is 0 Å². The molecule has 2 aromatic carbocycles. The van der Waals surface area contributed by atoms with Gasteiger partial charge in [-0.15, -0.1) is 16.8 Å². The first-order valence-corrected chi connectivity index (χ1v) is 12.4. The van der Waals surface area contributed by atoms with Crippen molar-refractivity contribution in [3.8, 4) is 0 Å². The van der Waals surface area contributed by atoms with Crippen LogP contribution in [0.15, 0.2) is 77.3 Å². The summed E-state index contributed by atoms with van der Waals surface area (Å²) in [6, 6.07) is 14.0. The molecule has 2 N–H and O–H groups in total. The van der Waals surface area contributed by atoms with Gasteiger partial charge in [-0.3, -0.25) is 4.79 Å². The van der Waals surface area contributed by atoms with Crippen LogP contribution in [0.4, 0.5) is 5.69 Å². The van der Waals surface area contributed by atoms with Crippen LogP contribution in [-0.4, -0.2) is 45.4 Å². The molecule has 0 aliphatic heterocycles. The summed E-state index contributed by atoms with van der Waals surface area (Å²) in [7, 11) is -3.63. The highest BCUT2D eigenvalue weighted by Crippen LogP contribution is 2.25. The summed E-state index contributed by atoms with van der Waals surface area (Å²) in [5.41, 5.74) is 0.414. The largest absolute Gasteiger partial charge is 0.478 e. The number of aromatic carboxylic acids is 1. The number of hydrogen-bond donors (Lipinski definition) is 2. The third-order valence-electron chi connectivity index (χ3n) is 4.56. The van der Waals surface area contributed by atoms with Crippen molar-refractivity contribution in [3.05, 3.63) is 78.6 Å². The second kappa shape index (κ2) is 10.5. The summed E-state index contributed by atoms with van der Waals surface area (Å²) in [6.07, 6.45) is 1.59. The molecule has 0 aliphatic carbocycles. The molecule has 1 aromatic heterocycles. The maximum Gasteiger partial charge on any atom is 0.335 e. The fourth-order valence-corrected chi connectivity index (χ4v) is 5.06. The first-order chi connectivity index (χ1) is 15.7. The SMILES string of the molecule is C=CCn1c(CS(=O)(=O)c2ccccc2)nnc1SC(C)C(=O)Nc1cccc(C(=O)O)c1. The lowest BCUT2D eigenvalue weighted by molar-refractivity contribution is -0.115. The van der Waals surface area contributed by atoms with E-state index in [4.69, 9.17) is 5.11 Å². The third kappa shape index (κ3) is 6.08. The molecule has 0 bridgehead atoms. The highest BCUT2D eigenvalue weighted by atomic mass is 32.2. The molecular formula is C22H22N4O5S2. The summed E-state index contributed by atoms with van der Waals surface area (Å²) >= 11 is 1.11. The summed E-state index contributed by atoms with van der Waals surface area (Å²) in [6.45, 7) is 5.63. The average molecular weight is 487 g/mol. The van der Waals surface area contributed by atoms with E-state index < -0.39 is 21.1 Å². The van der Waals surface area contributed by atoms with E-state index in [0.717, 1.165) is 11.8 Å². The number of aromatic nitrogens is 3. The number of carboxylic acid groups (broad SMARTS) is 1. The zero-order valence-electron chi connectivity index (χ0n) is 17.7. The lowest BCUT2D eigenvalue weighted by Gasteiger charge is -2.13. The number of carboxylic acids is 1. The molecule has 1 atom stereocenters. The van der Waals surface area contributed by atoms with E-state index in [1.807, 2.05) is 0 Å². The predicted molar refractivity (Wildman–Crippen MR) is 125 cm³/mol. The Morgan fingerprint density at radius 2 is 1.91 bits per heavy atom. The fourth-order valence-electron chi connectivity index (χ4n) is 2.89. The molecule has 0 saturated heterocycles. The molecule has 0 spiro atoms. The Bertz CT molecular complexity index is 1270. The monoisotopic (exact) mass is 486 g/mol. The molecule has 0 radical (unpaired) electrons. The van der Waals surface area contributed by atoms with E-state index in [-0.39, 0.29) is 34.5 Å². The molecular weight excluding hydrogens is 464 g/mol. The topological polar surface area (TPSA) is 131 Å². The van der Waals surface area contributed by atoms with Gasteiger partial charge in [0, 0.05) is 12.2 Å². The maximum atomic E-state index is 12.8. The number of allylic oxidation sites excluding steroid dienone is 1. The van der Waals surface area contributed by atoms with Crippen LogP contribution in [0.1, 0.15) is 23.1 Å². The molecule has 1 unspecified atom stereocenters. The van der Waals surface area contributed by atoms with Gasteiger partial charge in [0.2, 0.25) is 5.91 Å². The van der Waals surface area contributed by atoms with E-state index in [1.165, 1.54) is 30.3 Å². The maximum absolute atomic E-state index is 12.8. The lowest BCUT2D eigenvalue weighted by Crippen LogP contribution is -2.23. The smallest absolute Gasteiger partial charge is 0.335 e. The molecule has 1 heterocycles. The normalized spacial score (nSPS) is 12.2. The number of amides is 1. The molecule has 0 aliphatic rings. The summed E-state index contributed by atoms with van der Waals surface area (Å²) < 4.78 is 27.1. The van der Waals surface area contributed by atoms with E-state index in [1.54, 1.807) is 41.8 Å². The van der Waals surface area contributed by atoms with Crippen molar-refractivity contribution >= 4 is 39.2 Å². The fraction of sp³-hybridized carbons (Fsp3) is 0.182. The highest BCUT2D eigenvalue weighted by molar-refractivity contribution is 8.00. The van der Waals surface area contributed by atoms with Crippen molar-refractivity contribution in [3.63, 3.8) is 0 Å². The minimum atomic E-state index is -3.63. The number of rotatable bonds is 10. The number of carbonyl (C=O) groups is 2. The van der Waals surface area contributed by atoms with Crippen LogP contribution in [-0.2, 0) is 26.9 Å². The predicted octanol–water partition coefficient (Wildman–Crippen LogP) is 3.26. The first-order valence-electron chi connectivity index (χ1n) is 9.83. The minimum absolute atomic E-state index is 0.0584. The molecule has 1 amide bonds. The number of hydrogen-bond acceptors (Lipinski definition) is 7. The van der Waals surface area contributed by atoms with Gasteiger partial charge < -0.3 is 15.0 Å². The Kier molecular flexibility index (Phi) is 7.67. The zero-order chi connectivity index (χ0) is 24.0. The van der Waals surface area contributed by atoms with Gasteiger partial charge in [-0.1, -0.05) is 42.1 Å². The van der Waals surface area contributed by atoms with Gasteiger partial charge in [0.15, 0.2) is 15.0 Å². The van der Waals surface area contributed by atoms with E-state index in [9.17, 15) is 18.0 Å². The zero-order valence-corrected chi connectivity index (χ0v) is 19.3. The summed E-state index contributed by atoms with van der Waals surface area (Å²) in [4.78, 5) is 23.9. The number of benzene rings is 2. The van der Waals surface area contributed by atoms with Gasteiger partial charge in [0.05, 0.1) is 15.7 Å². The molecule has 3 aromatic rings. The number of carbonyl (C=O) groups excluding carboxylic acids is 1. The van der Waals surface area contributed by atoms with Gasteiger partial charge in [0.1, 0.15) is 11.6 Å². The Hall–Kier alpha value is -3.44. The number of sulfone groups is 1. The molecule has 0 saturated carbocycles. The van der Waals surface area contributed by atoms with Crippen molar-refractivity contribution in [2.45, 2.75) is 34.5 Å². The highest BCUT2D eigenvalue weighted by Gasteiger charge is 2.24. The number of nitrogens with zero attached hydrogens (tertiary/aromatic N) is 3. The standard InChI is InChI=1S/C22H22N4O5S2/c1-3-12-26-19(14-33(30,31)18-10-5-4-6-11-18)24-25-22(26)32-15(2)20(27)23-17-9-7-8-16(13-17)21(28)29/h3-11,13,15H,1,12,14H2,2H3,(H,23,27)(H,28,29). The molecule has 172 valence electrons. The number of thioether (sulfide) groups is 1. The molecule has 3 rings (SSSR count). The molecule has 33 heavy (non-hydrogen) atoms. The Labute approximate surface area is 195 Å². The minimum Gasteiger partial charge on any atom is -0.478 e. The second-order valence-electron chi connectivity index (χ2n) is 7.01. The Balaban J connectivity index is 1.76. The summed E-state index contributed by atoms with van der Waals surface area (Å²) in [5.74, 6) is -1.57. The lowest BCUT2D eigenvalue weighted by atomic mass is 10.2. The van der Waals surface area contributed by atoms with Crippen molar-refractivity contribution in [2.75, 3.05) is 5.32 Å². The van der Waals surface area contributed by atoms with Gasteiger partial charge in [-0.2, -0.15) is 0 Å². The first kappa shape index (κ1) is 24.2. The van der Waals surface area contributed by atoms with Gasteiger partial charge in [-0.25, -0.2) is 13.2 Å². The van der Waals surface area contributed by atoms with Crippen LogP contribution in [0.3, 0.4) is 0 Å². The van der Waals surface area contributed by atoms with Crippen LogP contribution >= 0.6 is 11.8 Å². The Morgan fingerprint density at radius 3 is 2.58 bits per heavy atom. The van der Waals surface area contributed by atoms with Crippen molar-refractivity contribution < 1.29 is 23.1 Å². The van der Waals surface area contributed by atoms with Crippen LogP contribution in [0.2, 0.25) is 0 Å². The van der Waals surface area contributed by atoms with E-state index in [0.29, 0.717) is 10.8 Å². The Morgan fingerprint density at radius 1 is 1.18 bits per heavy atom. The molecule has 0 fully saturated rings. The van der Waals surface area contributed by atoms with Crippen LogP contribution in [0.5, 0.6) is 0 Å². The molecule has 9 nitrogen and oxygen atoms in total. The van der Waals surface area contributed by atoms with Crippen molar-refractivity contribution in [1.29, 1.82) is 0 Å². The third-order valence-corrected chi connectivity index (χ3v) is 7.26. The van der Waals surface area contributed by atoms with Crippen LogP contribution in [0.25, 0.3) is 0 Å². The van der Waals surface area contributed by atoms with Gasteiger partial charge >= 0.3 is 5.97 Å². The van der Waals surface area contributed by atoms with Gasteiger partial charge in [0.25, 0.3) is 0 Å². The quantitative estimate of drug-likeness (QED) is 0.330. The van der Waals surface area contributed by atoms with Gasteiger partial charge in [-0.05, 0) is 37.3 Å². The van der Waals surface area contributed by atoms with Crippen molar-refractivity contribution in [2.24, 2.45) is 0 Å². The molecule has 11 heteroatoms. The number of anilines is 1. The summed E-state index contributed by atoms with van der Waals surface area (Å²) in [5, 5.41) is 19.7. The number of nitrogens with one attached hydrogen (secondary N) is 1. The van der Waals surface area contributed by atoms with E-state index >= 15 is 0 Å².